The van der Waals surface area contributed by atoms with Crippen molar-refractivity contribution in [2.45, 2.75) is 32.1 Å². The van der Waals surface area contributed by atoms with Crippen LogP contribution in [0.5, 0.6) is 5.75 Å². The first kappa shape index (κ1) is 15.0. The molecule has 0 aliphatic carbocycles. The highest BCUT2D eigenvalue weighted by atomic mass is 16.5. The number of anilines is 1. The molecule has 2 aromatic rings. The number of fused-ring (bicyclic) bond motifs is 2. The monoisotopic (exact) mass is 295 g/mol. The van der Waals surface area contributed by atoms with Crippen LogP contribution in [0, 0.1) is 0 Å². The predicted molar refractivity (Wildman–Crippen MR) is 93.0 cm³/mol. The van der Waals surface area contributed by atoms with Gasteiger partial charge in [-0.3, -0.25) is 0 Å². The van der Waals surface area contributed by atoms with Crippen molar-refractivity contribution in [3.63, 3.8) is 0 Å². The van der Waals surface area contributed by atoms with Crippen molar-refractivity contribution < 1.29 is 4.74 Å². The Hall–Kier alpha value is -1.96. The number of hydrogen-bond donors (Lipinski definition) is 0. The van der Waals surface area contributed by atoms with E-state index in [2.05, 4.69) is 62.2 Å². The SMILES string of the molecule is CN1CC(C)(C)c2ccccc21.c1ccc2c(c1)CCCO2. The fraction of sp³-hybridized carbons (Fsp3) is 0.400. The molecule has 2 aliphatic rings. The van der Waals surface area contributed by atoms with E-state index >= 15 is 0 Å². The number of benzene rings is 2. The van der Waals surface area contributed by atoms with Crippen LogP contribution >= 0.6 is 0 Å². The van der Waals surface area contributed by atoms with Crippen LogP contribution in [0.25, 0.3) is 0 Å². The average molecular weight is 295 g/mol. The van der Waals surface area contributed by atoms with Gasteiger partial charge in [-0.1, -0.05) is 50.2 Å². The molecule has 2 heterocycles. The molecule has 0 radical (unpaired) electrons. The van der Waals surface area contributed by atoms with Crippen molar-refractivity contribution in [1.82, 2.24) is 0 Å². The van der Waals surface area contributed by atoms with E-state index in [0.29, 0.717) is 5.41 Å². The second-order valence-corrected chi connectivity index (χ2v) is 6.82. The fourth-order valence-electron chi connectivity index (χ4n) is 3.44. The van der Waals surface area contributed by atoms with Gasteiger partial charge in [0.1, 0.15) is 5.75 Å². The van der Waals surface area contributed by atoms with E-state index in [4.69, 9.17) is 4.74 Å². The highest BCUT2D eigenvalue weighted by molar-refractivity contribution is 5.61. The number of rotatable bonds is 0. The van der Waals surface area contributed by atoms with E-state index in [1.54, 1.807) is 0 Å². The molecule has 4 rings (SSSR count). The fourth-order valence-corrected chi connectivity index (χ4v) is 3.44. The third kappa shape index (κ3) is 2.96. The minimum absolute atomic E-state index is 0.325. The van der Waals surface area contributed by atoms with Gasteiger partial charge in [-0.15, -0.1) is 0 Å². The third-order valence-corrected chi connectivity index (χ3v) is 4.50. The zero-order chi connectivity index (χ0) is 15.6. The van der Waals surface area contributed by atoms with E-state index in [-0.39, 0.29) is 0 Å². The molecule has 2 heteroatoms. The molecule has 0 saturated carbocycles. The summed E-state index contributed by atoms with van der Waals surface area (Å²) in [6.07, 6.45) is 2.34. The molecule has 0 bridgehead atoms. The van der Waals surface area contributed by atoms with Gasteiger partial charge in [0, 0.05) is 24.7 Å². The Balaban J connectivity index is 0.000000133. The minimum atomic E-state index is 0.325. The zero-order valence-electron chi connectivity index (χ0n) is 13.8. The third-order valence-electron chi connectivity index (χ3n) is 4.50. The summed E-state index contributed by atoms with van der Waals surface area (Å²) in [5.74, 6) is 1.08. The molecular formula is C20H25NO. The van der Waals surface area contributed by atoms with E-state index in [1.807, 2.05) is 12.1 Å². The minimum Gasteiger partial charge on any atom is -0.493 e. The van der Waals surface area contributed by atoms with Crippen LogP contribution in [-0.4, -0.2) is 20.2 Å². The van der Waals surface area contributed by atoms with Gasteiger partial charge in [0.25, 0.3) is 0 Å². The lowest BCUT2D eigenvalue weighted by Crippen LogP contribution is -2.24. The van der Waals surface area contributed by atoms with Crippen LogP contribution in [0.4, 0.5) is 5.69 Å². The van der Waals surface area contributed by atoms with Crippen molar-refractivity contribution in [2.75, 3.05) is 25.1 Å². The maximum atomic E-state index is 5.42. The molecule has 22 heavy (non-hydrogen) atoms. The van der Waals surface area contributed by atoms with Gasteiger partial charge < -0.3 is 9.64 Å². The summed E-state index contributed by atoms with van der Waals surface area (Å²) in [6, 6.07) is 16.9. The second-order valence-electron chi connectivity index (χ2n) is 6.82. The van der Waals surface area contributed by atoms with E-state index in [9.17, 15) is 0 Å². The van der Waals surface area contributed by atoms with Gasteiger partial charge in [-0.25, -0.2) is 0 Å². The van der Waals surface area contributed by atoms with Crippen LogP contribution in [-0.2, 0) is 11.8 Å². The molecule has 2 aromatic carbocycles. The standard InChI is InChI=1S/C11H15N.C9H10O/c1-11(2)8-12(3)10-7-5-4-6-9(10)11;1-2-6-9-8(4-1)5-3-7-10-9/h4-7H,8H2,1-3H3;1-2,4,6H,3,5,7H2. The van der Waals surface area contributed by atoms with Gasteiger partial charge in [0.15, 0.2) is 0 Å². The first-order valence-electron chi connectivity index (χ1n) is 8.09. The number of ether oxygens (including phenoxy) is 1. The molecule has 0 N–H and O–H groups in total. The number of likely N-dealkylation sites (N-methyl/N-ethyl adjacent to an activating group) is 1. The first-order chi connectivity index (χ1) is 10.6. The number of nitrogens with zero attached hydrogens (tertiary/aromatic N) is 1. The molecule has 0 atom stereocenters. The number of hydrogen-bond acceptors (Lipinski definition) is 2. The van der Waals surface area contributed by atoms with Gasteiger partial charge in [0.05, 0.1) is 6.61 Å². The van der Waals surface area contributed by atoms with Gasteiger partial charge >= 0.3 is 0 Å². The van der Waals surface area contributed by atoms with Crippen molar-refractivity contribution >= 4 is 5.69 Å². The first-order valence-corrected chi connectivity index (χ1v) is 8.09. The lowest BCUT2D eigenvalue weighted by Gasteiger charge is -2.18. The van der Waals surface area contributed by atoms with Crippen molar-refractivity contribution in [1.29, 1.82) is 0 Å². The van der Waals surface area contributed by atoms with Crippen LogP contribution in [0.15, 0.2) is 48.5 Å². The topological polar surface area (TPSA) is 12.5 Å². The van der Waals surface area contributed by atoms with Crippen molar-refractivity contribution in [3.8, 4) is 5.75 Å². The summed E-state index contributed by atoms with van der Waals surface area (Å²) in [6.45, 7) is 6.62. The maximum absolute atomic E-state index is 5.42. The molecular weight excluding hydrogens is 270 g/mol. The Labute approximate surface area is 133 Å². The second kappa shape index (κ2) is 6.04. The van der Waals surface area contributed by atoms with Gasteiger partial charge in [-0.05, 0) is 36.1 Å². The lowest BCUT2D eigenvalue weighted by molar-refractivity contribution is 0.288. The summed E-state index contributed by atoms with van der Waals surface area (Å²) >= 11 is 0. The quantitative estimate of drug-likeness (QED) is 0.713. The predicted octanol–water partition coefficient (Wildman–Crippen LogP) is 4.43. The van der Waals surface area contributed by atoms with Crippen molar-refractivity contribution in [2.24, 2.45) is 0 Å². The molecule has 2 aliphatic heterocycles. The number of para-hydroxylation sites is 2. The molecule has 0 saturated heterocycles. The normalized spacial score (nSPS) is 17.7. The molecule has 116 valence electrons. The molecule has 0 spiro atoms. The summed E-state index contributed by atoms with van der Waals surface area (Å²) in [7, 11) is 2.16. The summed E-state index contributed by atoms with van der Waals surface area (Å²) < 4.78 is 5.42. The van der Waals surface area contributed by atoms with Crippen LogP contribution in [0.3, 0.4) is 0 Å². The van der Waals surface area contributed by atoms with Crippen LogP contribution in [0.1, 0.15) is 31.4 Å². The van der Waals surface area contributed by atoms with Crippen LogP contribution in [0.2, 0.25) is 0 Å². The van der Waals surface area contributed by atoms with E-state index in [0.717, 1.165) is 25.3 Å². The Bertz CT molecular complexity index is 623. The van der Waals surface area contributed by atoms with E-state index in [1.165, 1.54) is 23.2 Å². The molecule has 0 unspecified atom stereocenters. The van der Waals surface area contributed by atoms with Crippen LogP contribution < -0.4 is 9.64 Å². The Morgan fingerprint density at radius 1 is 1.00 bits per heavy atom. The summed E-state index contributed by atoms with van der Waals surface area (Å²) in [4.78, 5) is 2.33. The smallest absolute Gasteiger partial charge is 0.122 e. The molecule has 0 amide bonds. The highest BCUT2D eigenvalue weighted by Gasteiger charge is 2.32. The maximum Gasteiger partial charge on any atom is 0.122 e. The average Bonchev–Trinajstić information content (AvgIpc) is 2.78. The van der Waals surface area contributed by atoms with Gasteiger partial charge in [0.2, 0.25) is 0 Å². The largest absolute Gasteiger partial charge is 0.493 e. The molecule has 2 nitrogen and oxygen atoms in total. The van der Waals surface area contributed by atoms with Gasteiger partial charge in [-0.2, -0.15) is 0 Å². The molecule has 0 fully saturated rings. The number of aryl methyl sites for hydroxylation is 1. The highest BCUT2D eigenvalue weighted by Crippen LogP contribution is 2.38. The van der Waals surface area contributed by atoms with E-state index < -0.39 is 0 Å². The Kier molecular flexibility index (Phi) is 4.10. The lowest BCUT2D eigenvalue weighted by atomic mass is 9.87. The van der Waals surface area contributed by atoms with Crippen molar-refractivity contribution in [3.05, 3.63) is 59.7 Å². The zero-order valence-corrected chi connectivity index (χ0v) is 13.8. The Morgan fingerprint density at radius 2 is 1.73 bits per heavy atom. The Morgan fingerprint density at radius 3 is 2.50 bits per heavy atom. The molecule has 0 aromatic heterocycles. The summed E-state index contributed by atoms with van der Waals surface area (Å²) in [5.41, 5.74) is 4.55. The summed E-state index contributed by atoms with van der Waals surface area (Å²) in [5, 5.41) is 0.